The van der Waals surface area contributed by atoms with Gasteiger partial charge in [0.15, 0.2) is 6.61 Å². The molecule has 2 aromatic rings. The minimum atomic E-state index is -0.857. The van der Waals surface area contributed by atoms with E-state index in [4.69, 9.17) is 13.9 Å². The van der Waals surface area contributed by atoms with Gasteiger partial charge in [-0.1, -0.05) is 0 Å². The highest BCUT2D eigenvalue weighted by molar-refractivity contribution is 6.35. The lowest BCUT2D eigenvalue weighted by molar-refractivity contribution is -0.139. The Morgan fingerprint density at radius 2 is 1.90 bits per heavy atom. The van der Waals surface area contributed by atoms with Gasteiger partial charge in [-0.2, -0.15) is 5.10 Å². The third kappa shape index (κ3) is 8.57. The van der Waals surface area contributed by atoms with Gasteiger partial charge < -0.3 is 24.5 Å². The third-order valence-corrected chi connectivity index (χ3v) is 3.69. The number of ether oxygens (including phenoxy) is 2. The summed E-state index contributed by atoms with van der Waals surface area (Å²) in [6.45, 7) is 0.993. The number of hydrogen-bond donors (Lipinski definition) is 3. The molecule has 0 spiro atoms. The zero-order valence-electron chi connectivity index (χ0n) is 16.6. The summed E-state index contributed by atoms with van der Waals surface area (Å²) in [6.07, 6.45) is 3.53. The van der Waals surface area contributed by atoms with Crippen LogP contribution in [0.25, 0.3) is 0 Å². The minimum absolute atomic E-state index is 0.135. The van der Waals surface area contributed by atoms with Crippen LogP contribution in [0.1, 0.15) is 17.7 Å². The Bertz CT molecular complexity index is 833. The second-order valence-corrected chi connectivity index (χ2v) is 6.02. The SMILES string of the molecule is COCCCNC(=O)C(=O)N/N=C\c1ccc(OCC(=O)NCc2ccco2)cc1. The number of nitrogens with zero attached hydrogens (tertiary/aromatic N) is 1. The molecule has 30 heavy (non-hydrogen) atoms. The van der Waals surface area contributed by atoms with E-state index in [1.54, 1.807) is 43.5 Å². The normalized spacial score (nSPS) is 10.6. The van der Waals surface area contributed by atoms with Crippen LogP contribution in [0, 0.1) is 0 Å². The number of carbonyl (C=O) groups excluding carboxylic acids is 3. The molecule has 0 aliphatic rings. The van der Waals surface area contributed by atoms with E-state index in [-0.39, 0.29) is 12.5 Å². The number of furan rings is 1. The molecule has 1 aromatic carbocycles. The number of nitrogens with one attached hydrogen (secondary N) is 3. The fraction of sp³-hybridized carbons (Fsp3) is 0.300. The molecule has 0 fully saturated rings. The van der Waals surface area contributed by atoms with Crippen molar-refractivity contribution in [3.63, 3.8) is 0 Å². The molecule has 10 nitrogen and oxygen atoms in total. The van der Waals surface area contributed by atoms with Gasteiger partial charge in [-0.3, -0.25) is 14.4 Å². The van der Waals surface area contributed by atoms with Gasteiger partial charge in [-0.15, -0.1) is 0 Å². The van der Waals surface area contributed by atoms with Crippen molar-refractivity contribution in [1.82, 2.24) is 16.1 Å². The second kappa shape index (κ2) is 12.7. The molecular weight excluding hydrogens is 392 g/mol. The quantitative estimate of drug-likeness (QED) is 0.213. The smallest absolute Gasteiger partial charge is 0.329 e. The lowest BCUT2D eigenvalue weighted by atomic mass is 10.2. The highest BCUT2D eigenvalue weighted by Gasteiger charge is 2.11. The molecule has 0 saturated carbocycles. The Kier molecular flexibility index (Phi) is 9.60. The van der Waals surface area contributed by atoms with Gasteiger partial charge in [-0.05, 0) is 48.4 Å². The van der Waals surface area contributed by atoms with Crippen molar-refractivity contribution in [3.8, 4) is 5.75 Å². The van der Waals surface area contributed by atoms with Crippen LogP contribution < -0.4 is 20.8 Å². The standard InChI is InChI=1S/C20H24N4O6/c1-28-10-3-9-21-19(26)20(27)24-23-12-15-5-7-16(8-6-15)30-14-18(25)22-13-17-4-2-11-29-17/h2,4-8,11-12H,3,9-10,13-14H2,1H3,(H,21,26)(H,22,25)(H,24,27)/b23-12-. The first-order chi connectivity index (χ1) is 14.6. The Hall–Kier alpha value is -3.66. The zero-order valence-corrected chi connectivity index (χ0v) is 16.6. The Morgan fingerprint density at radius 3 is 2.60 bits per heavy atom. The van der Waals surface area contributed by atoms with E-state index in [0.29, 0.717) is 43.2 Å². The monoisotopic (exact) mass is 416 g/mol. The molecule has 0 aliphatic carbocycles. The van der Waals surface area contributed by atoms with Crippen molar-refractivity contribution in [2.75, 3.05) is 26.9 Å². The minimum Gasteiger partial charge on any atom is -0.484 e. The van der Waals surface area contributed by atoms with Crippen LogP contribution in [0.5, 0.6) is 5.75 Å². The molecule has 3 amide bonds. The Balaban J connectivity index is 1.67. The van der Waals surface area contributed by atoms with Gasteiger partial charge in [0.1, 0.15) is 11.5 Å². The van der Waals surface area contributed by atoms with E-state index in [2.05, 4.69) is 21.2 Å². The molecule has 0 radical (unpaired) electrons. The maximum Gasteiger partial charge on any atom is 0.329 e. The number of methoxy groups -OCH3 is 1. The van der Waals surface area contributed by atoms with Crippen molar-refractivity contribution >= 4 is 23.9 Å². The maximum atomic E-state index is 11.8. The van der Waals surface area contributed by atoms with E-state index in [1.165, 1.54) is 12.5 Å². The molecular formula is C20H24N4O6. The third-order valence-electron chi connectivity index (χ3n) is 3.69. The Labute approximate surface area is 173 Å². The summed E-state index contributed by atoms with van der Waals surface area (Å²) in [5.41, 5.74) is 2.82. The van der Waals surface area contributed by atoms with Crippen LogP contribution in [0.4, 0.5) is 0 Å². The summed E-state index contributed by atoms with van der Waals surface area (Å²) in [4.78, 5) is 34.9. The lowest BCUT2D eigenvalue weighted by Gasteiger charge is -2.07. The summed E-state index contributed by atoms with van der Waals surface area (Å²) in [5.74, 6) is -0.746. The topological polar surface area (TPSA) is 131 Å². The van der Waals surface area contributed by atoms with Crippen molar-refractivity contribution in [1.29, 1.82) is 0 Å². The van der Waals surface area contributed by atoms with Gasteiger partial charge in [-0.25, -0.2) is 5.43 Å². The van der Waals surface area contributed by atoms with Gasteiger partial charge in [0.25, 0.3) is 5.91 Å². The van der Waals surface area contributed by atoms with Crippen LogP contribution in [0.15, 0.2) is 52.2 Å². The van der Waals surface area contributed by atoms with Crippen LogP contribution in [-0.4, -0.2) is 50.8 Å². The van der Waals surface area contributed by atoms with Crippen molar-refractivity contribution in [2.45, 2.75) is 13.0 Å². The second-order valence-electron chi connectivity index (χ2n) is 6.02. The van der Waals surface area contributed by atoms with Gasteiger partial charge in [0, 0.05) is 20.3 Å². The molecule has 0 bridgehead atoms. The van der Waals surface area contributed by atoms with E-state index in [0.717, 1.165) is 0 Å². The molecule has 160 valence electrons. The molecule has 3 N–H and O–H groups in total. The van der Waals surface area contributed by atoms with E-state index >= 15 is 0 Å². The molecule has 0 atom stereocenters. The number of amides is 3. The summed E-state index contributed by atoms with van der Waals surface area (Å²) in [5, 5.41) is 8.87. The van der Waals surface area contributed by atoms with E-state index < -0.39 is 11.8 Å². The van der Waals surface area contributed by atoms with Gasteiger partial charge in [0.2, 0.25) is 0 Å². The van der Waals surface area contributed by atoms with Gasteiger partial charge >= 0.3 is 11.8 Å². The maximum absolute atomic E-state index is 11.8. The van der Waals surface area contributed by atoms with Crippen molar-refractivity contribution < 1.29 is 28.3 Å². The summed E-state index contributed by atoms with van der Waals surface area (Å²) >= 11 is 0. The highest BCUT2D eigenvalue weighted by Crippen LogP contribution is 2.11. The predicted molar refractivity (Wildman–Crippen MR) is 108 cm³/mol. The first-order valence-corrected chi connectivity index (χ1v) is 9.20. The fourth-order valence-electron chi connectivity index (χ4n) is 2.16. The van der Waals surface area contributed by atoms with Crippen LogP contribution in [0.2, 0.25) is 0 Å². The van der Waals surface area contributed by atoms with Crippen LogP contribution in [-0.2, 0) is 25.7 Å². The van der Waals surface area contributed by atoms with Gasteiger partial charge in [0.05, 0.1) is 19.0 Å². The molecule has 0 aliphatic heterocycles. The number of hydrazone groups is 1. The molecule has 0 saturated heterocycles. The first-order valence-electron chi connectivity index (χ1n) is 9.20. The number of rotatable bonds is 11. The fourth-order valence-corrected chi connectivity index (χ4v) is 2.16. The highest BCUT2D eigenvalue weighted by atomic mass is 16.5. The van der Waals surface area contributed by atoms with Crippen molar-refractivity contribution in [2.24, 2.45) is 5.10 Å². The first kappa shape index (κ1) is 22.6. The summed E-state index contributed by atoms with van der Waals surface area (Å²) < 4.78 is 15.4. The lowest BCUT2D eigenvalue weighted by Crippen LogP contribution is -2.38. The predicted octanol–water partition coefficient (Wildman–Crippen LogP) is 0.578. The number of hydrogen-bond acceptors (Lipinski definition) is 7. The average Bonchev–Trinajstić information content (AvgIpc) is 3.28. The molecule has 1 aromatic heterocycles. The average molecular weight is 416 g/mol. The van der Waals surface area contributed by atoms with E-state index in [9.17, 15) is 14.4 Å². The molecule has 10 heteroatoms. The molecule has 0 unspecified atom stereocenters. The largest absolute Gasteiger partial charge is 0.484 e. The van der Waals surface area contributed by atoms with E-state index in [1.807, 2.05) is 0 Å². The molecule has 1 heterocycles. The summed E-state index contributed by atoms with van der Waals surface area (Å²) in [6, 6.07) is 10.2. The van der Waals surface area contributed by atoms with Crippen LogP contribution in [0.3, 0.4) is 0 Å². The number of benzene rings is 1. The summed E-state index contributed by atoms with van der Waals surface area (Å²) in [7, 11) is 1.56. The Morgan fingerprint density at radius 1 is 1.10 bits per heavy atom. The molecule has 2 rings (SSSR count). The number of carbonyl (C=O) groups is 3. The zero-order chi connectivity index (χ0) is 21.6. The van der Waals surface area contributed by atoms with Crippen LogP contribution >= 0.6 is 0 Å². The van der Waals surface area contributed by atoms with Crippen molar-refractivity contribution in [3.05, 3.63) is 54.0 Å².